The van der Waals surface area contributed by atoms with E-state index in [1.165, 1.54) is 16.5 Å². The fourth-order valence-corrected chi connectivity index (χ4v) is 3.25. The molecule has 1 aromatic heterocycles. The van der Waals surface area contributed by atoms with Crippen LogP contribution in [-0.2, 0) is 6.54 Å². The van der Waals surface area contributed by atoms with Gasteiger partial charge in [0.25, 0.3) is 5.91 Å². The largest absolute Gasteiger partial charge is 0.361 e. The number of fused-ring (bicyclic) bond motifs is 2. The van der Waals surface area contributed by atoms with Crippen molar-refractivity contribution in [2.75, 3.05) is 0 Å². The van der Waals surface area contributed by atoms with E-state index in [1.54, 1.807) is 0 Å². The summed E-state index contributed by atoms with van der Waals surface area (Å²) < 4.78 is 0. The Bertz CT molecular complexity index is 890. The first kappa shape index (κ1) is 12.2. The monoisotopic (exact) mass is 276 g/mol. The first-order valence-electron chi connectivity index (χ1n) is 7.13. The third-order valence-electron chi connectivity index (χ3n) is 4.17. The van der Waals surface area contributed by atoms with Gasteiger partial charge in [-0.15, -0.1) is 0 Å². The topological polar surface area (TPSA) is 44.9 Å². The summed E-state index contributed by atoms with van der Waals surface area (Å²) in [4.78, 5) is 15.2. The molecule has 0 unspecified atom stereocenters. The maximum Gasteiger partial charge on any atom is 0.251 e. The highest BCUT2D eigenvalue weighted by molar-refractivity contribution is 6.03. The Balaban J connectivity index is 2.08. The van der Waals surface area contributed by atoms with Crippen LogP contribution in [0.3, 0.4) is 0 Å². The smallest absolute Gasteiger partial charge is 0.251 e. The Morgan fingerprint density at radius 3 is 2.52 bits per heavy atom. The number of hydrogen-bond acceptors (Lipinski definition) is 1. The Labute approximate surface area is 123 Å². The SMILES string of the molecule is Cc1cc2c(c(-c3cc(C)cc4[nH]ccc34)c1)CNC2=O. The molecule has 2 N–H and O–H groups in total. The van der Waals surface area contributed by atoms with Crippen LogP contribution >= 0.6 is 0 Å². The highest BCUT2D eigenvalue weighted by atomic mass is 16.1. The van der Waals surface area contributed by atoms with E-state index in [1.807, 2.05) is 19.2 Å². The molecule has 0 radical (unpaired) electrons. The summed E-state index contributed by atoms with van der Waals surface area (Å²) in [5.74, 6) is 0.0351. The molecule has 0 spiro atoms. The molecule has 4 rings (SSSR count). The maximum atomic E-state index is 12.0. The molecule has 0 saturated heterocycles. The van der Waals surface area contributed by atoms with E-state index in [0.717, 1.165) is 27.8 Å². The summed E-state index contributed by atoms with van der Waals surface area (Å²) in [5, 5.41) is 4.13. The number of hydrogen-bond donors (Lipinski definition) is 2. The molecule has 104 valence electrons. The third-order valence-corrected chi connectivity index (χ3v) is 4.17. The Morgan fingerprint density at radius 2 is 1.67 bits per heavy atom. The number of aryl methyl sites for hydroxylation is 2. The normalized spacial score (nSPS) is 13.5. The lowest BCUT2D eigenvalue weighted by Gasteiger charge is -2.11. The van der Waals surface area contributed by atoms with Crippen molar-refractivity contribution >= 4 is 16.8 Å². The minimum absolute atomic E-state index is 0.0351. The fraction of sp³-hybridized carbons (Fsp3) is 0.167. The summed E-state index contributed by atoms with van der Waals surface area (Å²) in [6.45, 7) is 4.76. The van der Waals surface area contributed by atoms with E-state index >= 15 is 0 Å². The second-order valence-electron chi connectivity index (χ2n) is 5.77. The van der Waals surface area contributed by atoms with Gasteiger partial charge in [-0.2, -0.15) is 0 Å². The number of aromatic nitrogens is 1. The minimum atomic E-state index is 0.0351. The van der Waals surface area contributed by atoms with Crippen LogP contribution in [0.25, 0.3) is 22.0 Å². The first-order valence-corrected chi connectivity index (χ1v) is 7.13. The average Bonchev–Trinajstić information content (AvgIpc) is 3.04. The summed E-state index contributed by atoms with van der Waals surface area (Å²) in [6, 6.07) is 10.6. The molecule has 1 amide bonds. The van der Waals surface area contributed by atoms with Crippen molar-refractivity contribution in [1.82, 2.24) is 10.3 Å². The van der Waals surface area contributed by atoms with Crippen molar-refractivity contribution in [2.45, 2.75) is 20.4 Å². The van der Waals surface area contributed by atoms with Gasteiger partial charge in [-0.25, -0.2) is 0 Å². The van der Waals surface area contributed by atoms with Gasteiger partial charge >= 0.3 is 0 Å². The van der Waals surface area contributed by atoms with Gasteiger partial charge in [0, 0.05) is 29.2 Å². The molecular formula is C18H16N2O. The highest BCUT2D eigenvalue weighted by Crippen LogP contribution is 2.35. The van der Waals surface area contributed by atoms with E-state index in [9.17, 15) is 4.79 Å². The average molecular weight is 276 g/mol. The molecular weight excluding hydrogens is 260 g/mol. The summed E-state index contributed by atoms with van der Waals surface area (Å²) in [6.07, 6.45) is 1.97. The number of nitrogens with one attached hydrogen (secondary N) is 2. The lowest BCUT2D eigenvalue weighted by Crippen LogP contribution is -2.12. The van der Waals surface area contributed by atoms with Crippen molar-refractivity contribution in [2.24, 2.45) is 0 Å². The maximum absolute atomic E-state index is 12.0. The van der Waals surface area contributed by atoms with Gasteiger partial charge < -0.3 is 10.3 Å². The Hall–Kier alpha value is -2.55. The van der Waals surface area contributed by atoms with Gasteiger partial charge in [0.2, 0.25) is 0 Å². The molecule has 2 heterocycles. The van der Waals surface area contributed by atoms with Crippen molar-refractivity contribution < 1.29 is 4.79 Å². The van der Waals surface area contributed by atoms with Crippen LogP contribution in [-0.4, -0.2) is 10.9 Å². The molecule has 1 aliphatic heterocycles. The van der Waals surface area contributed by atoms with Gasteiger partial charge in [-0.3, -0.25) is 4.79 Å². The van der Waals surface area contributed by atoms with Crippen molar-refractivity contribution in [3.8, 4) is 11.1 Å². The number of H-pyrrole nitrogens is 1. The Kier molecular flexibility index (Phi) is 2.45. The van der Waals surface area contributed by atoms with E-state index in [2.05, 4.69) is 41.5 Å². The molecule has 0 atom stereocenters. The predicted molar refractivity (Wildman–Crippen MR) is 84.4 cm³/mol. The predicted octanol–water partition coefficient (Wildman–Crippen LogP) is 3.70. The number of carbonyl (C=O) groups is 1. The minimum Gasteiger partial charge on any atom is -0.361 e. The van der Waals surface area contributed by atoms with Crippen molar-refractivity contribution in [1.29, 1.82) is 0 Å². The van der Waals surface area contributed by atoms with Gasteiger partial charge in [0.05, 0.1) is 0 Å². The first-order chi connectivity index (χ1) is 10.1. The molecule has 0 aliphatic carbocycles. The fourth-order valence-electron chi connectivity index (χ4n) is 3.25. The molecule has 0 fully saturated rings. The number of carbonyl (C=O) groups excluding carboxylic acids is 1. The second-order valence-corrected chi connectivity index (χ2v) is 5.77. The van der Waals surface area contributed by atoms with Crippen LogP contribution in [0.5, 0.6) is 0 Å². The summed E-state index contributed by atoms with van der Waals surface area (Å²) in [5.41, 5.74) is 7.75. The second kappa shape index (κ2) is 4.22. The molecule has 3 heteroatoms. The summed E-state index contributed by atoms with van der Waals surface area (Å²) in [7, 11) is 0. The third kappa shape index (κ3) is 1.77. The lowest BCUT2D eigenvalue weighted by atomic mass is 9.92. The van der Waals surface area contributed by atoms with Gasteiger partial charge in [0.15, 0.2) is 0 Å². The molecule has 1 aliphatic rings. The van der Waals surface area contributed by atoms with E-state index in [-0.39, 0.29) is 5.91 Å². The van der Waals surface area contributed by atoms with Crippen LogP contribution in [0.4, 0.5) is 0 Å². The molecule has 2 aromatic carbocycles. The quantitative estimate of drug-likeness (QED) is 0.699. The molecule has 21 heavy (non-hydrogen) atoms. The number of aromatic amines is 1. The zero-order chi connectivity index (χ0) is 14.6. The van der Waals surface area contributed by atoms with Gasteiger partial charge in [-0.05, 0) is 59.9 Å². The molecule has 3 nitrogen and oxygen atoms in total. The molecule has 3 aromatic rings. The van der Waals surface area contributed by atoms with E-state index < -0.39 is 0 Å². The van der Waals surface area contributed by atoms with Gasteiger partial charge in [0.1, 0.15) is 0 Å². The van der Waals surface area contributed by atoms with Crippen LogP contribution in [0.15, 0.2) is 36.5 Å². The zero-order valence-corrected chi connectivity index (χ0v) is 12.1. The Morgan fingerprint density at radius 1 is 0.952 bits per heavy atom. The van der Waals surface area contributed by atoms with Crippen LogP contribution in [0.1, 0.15) is 27.0 Å². The van der Waals surface area contributed by atoms with Crippen molar-refractivity contribution in [3.05, 3.63) is 58.8 Å². The molecule has 0 saturated carbocycles. The van der Waals surface area contributed by atoms with Crippen LogP contribution in [0.2, 0.25) is 0 Å². The molecule has 0 bridgehead atoms. The standard InChI is InChI=1S/C18H16N2O/c1-10-5-14(16-9-20-18(21)15(16)7-10)13-6-11(2)8-17-12(13)3-4-19-17/h3-8,19H,9H2,1-2H3,(H,20,21). The number of amides is 1. The van der Waals surface area contributed by atoms with E-state index in [0.29, 0.717) is 6.54 Å². The number of benzene rings is 2. The summed E-state index contributed by atoms with van der Waals surface area (Å²) >= 11 is 0. The van der Waals surface area contributed by atoms with E-state index in [4.69, 9.17) is 0 Å². The van der Waals surface area contributed by atoms with Gasteiger partial charge in [-0.1, -0.05) is 12.1 Å². The van der Waals surface area contributed by atoms with Crippen LogP contribution in [0, 0.1) is 13.8 Å². The number of rotatable bonds is 1. The zero-order valence-electron chi connectivity index (χ0n) is 12.1. The van der Waals surface area contributed by atoms with Crippen LogP contribution < -0.4 is 5.32 Å². The highest BCUT2D eigenvalue weighted by Gasteiger charge is 2.23. The van der Waals surface area contributed by atoms with Crippen molar-refractivity contribution in [3.63, 3.8) is 0 Å². The lowest BCUT2D eigenvalue weighted by molar-refractivity contribution is 0.0965.